The van der Waals surface area contributed by atoms with E-state index in [0.29, 0.717) is 38.6 Å². The van der Waals surface area contributed by atoms with Crippen LogP contribution in [0, 0.1) is 28.6 Å². The summed E-state index contributed by atoms with van der Waals surface area (Å²) in [5, 5.41) is 35.7. The van der Waals surface area contributed by atoms with Gasteiger partial charge in [-0.25, -0.2) is 4.79 Å². The van der Waals surface area contributed by atoms with Gasteiger partial charge in [0.15, 0.2) is 5.78 Å². The summed E-state index contributed by atoms with van der Waals surface area (Å²) in [6, 6.07) is -2.30. The molecule has 0 radical (unpaired) electrons. The molecule has 1 fully saturated rings. The van der Waals surface area contributed by atoms with E-state index in [0.717, 1.165) is 0 Å². The van der Waals surface area contributed by atoms with Crippen LogP contribution < -0.4 is 16.0 Å². The van der Waals surface area contributed by atoms with Crippen LogP contribution in [0.5, 0.6) is 0 Å². The van der Waals surface area contributed by atoms with Gasteiger partial charge in [0, 0.05) is 37.6 Å². The number of carbonyl (C=O) groups is 7. The normalized spacial score (nSPS) is 18.4. The van der Waals surface area contributed by atoms with Crippen molar-refractivity contribution < 1.29 is 48.9 Å². The van der Waals surface area contributed by atoms with Gasteiger partial charge >= 0.3 is 17.9 Å². The van der Waals surface area contributed by atoms with E-state index in [1.54, 1.807) is 13.8 Å². The number of ketones is 1. The van der Waals surface area contributed by atoms with Crippen molar-refractivity contribution in [2.75, 3.05) is 6.54 Å². The van der Waals surface area contributed by atoms with E-state index in [1.165, 1.54) is 0 Å². The fourth-order valence-electron chi connectivity index (χ4n) is 6.26. The molecule has 1 aliphatic carbocycles. The summed E-state index contributed by atoms with van der Waals surface area (Å²) in [4.78, 5) is 84.3. The number of rotatable bonds is 20. The van der Waals surface area contributed by atoms with Gasteiger partial charge in [-0.3, -0.25) is 28.8 Å². The van der Waals surface area contributed by atoms with Crippen molar-refractivity contribution in [1.29, 1.82) is 0 Å². The topological polar surface area (TPSA) is 216 Å². The van der Waals surface area contributed by atoms with Gasteiger partial charge in [0.25, 0.3) is 0 Å². The molecule has 1 rings (SSSR count). The summed E-state index contributed by atoms with van der Waals surface area (Å²) in [6.45, 7) is 11.4. The van der Waals surface area contributed by atoms with Crippen LogP contribution in [0.1, 0.15) is 112 Å². The van der Waals surface area contributed by atoms with E-state index in [1.807, 2.05) is 27.7 Å². The third-order valence-electron chi connectivity index (χ3n) is 8.20. The van der Waals surface area contributed by atoms with E-state index in [4.69, 9.17) is 10.2 Å². The van der Waals surface area contributed by atoms with Gasteiger partial charge in [0.2, 0.25) is 17.7 Å². The Bertz CT molecular complexity index is 1080. The summed E-state index contributed by atoms with van der Waals surface area (Å²) in [6.07, 6.45) is 2.41. The van der Waals surface area contributed by atoms with Crippen molar-refractivity contribution in [3.8, 4) is 0 Å². The summed E-state index contributed by atoms with van der Waals surface area (Å²) in [5.74, 6) is -5.35. The highest BCUT2D eigenvalue weighted by atomic mass is 16.4. The second-order valence-corrected chi connectivity index (χ2v) is 14.3. The van der Waals surface area contributed by atoms with Gasteiger partial charge in [0.05, 0.1) is 12.5 Å². The number of carbonyl (C=O) groups excluding carboxylic acids is 4. The molecule has 13 nitrogen and oxygen atoms in total. The van der Waals surface area contributed by atoms with Gasteiger partial charge < -0.3 is 31.3 Å². The van der Waals surface area contributed by atoms with Crippen LogP contribution in [0.25, 0.3) is 0 Å². The van der Waals surface area contributed by atoms with Gasteiger partial charge in [0.1, 0.15) is 6.04 Å². The third kappa shape index (κ3) is 15.9. The summed E-state index contributed by atoms with van der Waals surface area (Å²) in [5.41, 5.74) is -0.825. The number of Topliss-reactive ketones (excluding diaryl/α,β-unsaturated/α-hetero) is 1. The molecular formula is C32H53N3O10. The first kappa shape index (κ1) is 39.5. The number of nitrogens with one attached hydrogen (secondary N) is 3. The van der Waals surface area contributed by atoms with Crippen LogP contribution in [-0.4, -0.2) is 75.4 Å². The molecule has 0 aliphatic heterocycles. The standard InChI is InChI=1S/C32H53N3O10/c1-19(2)28(42)22(12-14-26(38)39)34-24(36)13-11-23(30(44)45)35-29(43)21-9-7-20(8-10-21)17-33-25(37)15-31(3,4)18-32(5,6)16-27(40)41/h19-23H,7-18H2,1-6H3,(H,33,37)(H,34,36)(H,35,43)(H,38,39)(H,40,41)(H,44,45). The second-order valence-electron chi connectivity index (χ2n) is 14.3. The zero-order chi connectivity index (χ0) is 34.5. The maximum absolute atomic E-state index is 12.9. The van der Waals surface area contributed by atoms with Crippen molar-refractivity contribution in [1.82, 2.24) is 16.0 Å². The SMILES string of the molecule is CC(C)C(=O)C(CCC(=O)O)NC(=O)CCC(NC(=O)C1CCC(CNC(=O)CC(C)(C)CC(C)(C)CC(=O)O)CC1)C(=O)O. The van der Waals surface area contributed by atoms with Crippen LogP contribution in [0.3, 0.4) is 0 Å². The largest absolute Gasteiger partial charge is 0.481 e. The van der Waals surface area contributed by atoms with E-state index in [-0.39, 0.29) is 61.5 Å². The molecule has 2 atom stereocenters. The van der Waals surface area contributed by atoms with Crippen LogP contribution in [0.2, 0.25) is 0 Å². The lowest BCUT2D eigenvalue weighted by Gasteiger charge is -2.34. The Morgan fingerprint density at radius 3 is 1.78 bits per heavy atom. The summed E-state index contributed by atoms with van der Waals surface area (Å²) < 4.78 is 0. The minimum atomic E-state index is -1.30. The highest BCUT2D eigenvalue weighted by Crippen LogP contribution is 2.38. The number of carboxylic acid groups (broad SMARTS) is 3. The Kier molecular flexibility index (Phi) is 15.7. The van der Waals surface area contributed by atoms with Crippen LogP contribution in [-0.2, 0) is 33.6 Å². The number of hydrogen-bond donors (Lipinski definition) is 6. The highest BCUT2D eigenvalue weighted by molar-refractivity contribution is 5.91. The molecule has 0 aromatic heterocycles. The molecule has 45 heavy (non-hydrogen) atoms. The molecular weight excluding hydrogens is 586 g/mol. The summed E-state index contributed by atoms with van der Waals surface area (Å²) in [7, 11) is 0. The molecule has 1 aliphatic rings. The fourth-order valence-corrected chi connectivity index (χ4v) is 6.26. The molecule has 0 bridgehead atoms. The molecule has 0 heterocycles. The average molecular weight is 640 g/mol. The number of carboxylic acids is 3. The summed E-state index contributed by atoms with van der Waals surface area (Å²) >= 11 is 0. The number of hydrogen-bond acceptors (Lipinski definition) is 7. The lowest BCUT2D eigenvalue weighted by atomic mass is 9.71. The second kappa shape index (κ2) is 17.8. The van der Waals surface area contributed by atoms with Gasteiger partial charge in [-0.15, -0.1) is 0 Å². The van der Waals surface area contributed by atoms with Gasteiger partial charge in [-0.1, -0.05) is 41.5 Å². The molecule has 0 aromatic rings. The Morgan fingerprint density at radius 1 is 0.711 bits per heavy atom. The van der Waals surface area contributed by atoms with E-state index in [2.05, 4.69) is 16.0 Å². The minimum Gasteiger partial charge on any atom is -0.481 e. The Hall–Kier alpha value is -3.51. The maximum atomic E-state index is 12.9. The molecule has 6 N–H and O–H groups in total. The van der Waals surface area contributed by atoms with Crippen molar-refractivity contribution in [3.63, 3.8) is 0 Å². The fraction of sp³-hybridized carbons (Fsp3) is 0.781. The maximum Gasteiger partial charge on any atom is 0.326 e. The van der Waals surface area contributed by atoms with Gasteiger partial charge in [-0.05, 0) is 61.7 Å². The lowest BCUT2D eigenvalue weighted by molar-refractivity contribution is -0.143. The van der Waals surface area contributed by atoms with Crippen LogP contribution >= 0.6 is 0 Å². The van der Waals surface area contributed by atoms with Crippen LogP contribution in [0.15, 0.2) is 0 Å². The molecule has 256 valence electrons. The van der Waals surface area contributed by atoms with Crippen LogP contribution in [0.4, 0.5) is 0 Å². The first-order chi connectivity index (χ1) is 20.7. The van der Waals surface area contributed by atoms with E-state index < -0.39 is 59.1 Å². The third-order valence-corrected chi connectivity index (χ3v) is 8.20. The zero-order valence-corrected chi connectivity index (χ0v) is 27.6. The molecule has 2 unspecified atom stereocenters. The minimum absolute atomic E-state index is 0.0224. The quantitative estimate of drug-likeness (QED) is 0.114. The van der Waals surface area contributed by atoms with Gasteiger partial charge in [-0.2, -0.15) is 0 Å². The number of aliphatic carboxylic acids is 3. The Balaban J connectivity index is 2.54. The Labute approximate surface area is 265 Å². The zero-order valence-electron chi connectivity index (χ0n) is 27.6. The molecule has 1 saturated carbocycles. The van der Waals surface area contributed by atoms with Crippen molar-refractivity contribution >= 4 is 41.4 Å². The smallest absolute Gasteiger partial charge is 0.326 e. The average Bonchev–Trinajstić information content (AvgIpc) is 2.89. The molecule has 0 aromatic carbocycles. The van der Waals surface area contributed by atoms with E-state index >= 15 is 0 Å². The molecule has 0 spiro atoms. The van der Waals surface area contributed by atoms with E-state index in [9.17, 15) is 38.7 Å². The molecule has 13 heteroatoms. The predicted octanol–water partition coefficient (Wildman–Crippen LogP) is 3.14. The Morgan fingerprint density at radius 2 is 1.27 bits per heavy atom. The first-order valence-electron chi connectivity index (χ1n) is 15.8. The first-order valence-corrected chi connectivity index (χ1v) is 15.8. The highest BCUT2D eigenvalue weighted by Gasteiger charge is 2.33. The van der Waals surface area contributed by atoms with Crippen molar-refractivity contribution in [2.45, 2.75) is 124 Å². The lowest BCUT2D eigenvalue weighted by Crippen LogP contribution is -2.46. The monoisotopic (exact) mass is 639 g/mol. The van der Waals surface area contributed by atoms with Crippen molar-refractivity contribution in [2.24, 2.45) is 28.6 Å². The molecule has 3 amide bonds. The predicted molar refractivity (Wildman–Crippen MR) is 165 cm³/mol. The van der Waals surface area contributed by atoms with Crippen molar-refractivity contribution in [3.05, 3.63) is 0 Å². The number of amides is 3. The molecule has 0 saturated heterocycles.